The Hall–Kier alpha value is -1.17. The van der Waals surface area contributed by atoms with Crippen molar-refractivity contribution in [1.82, 2.24) is 5.32 Å². The SMILES string of the molecule is C/C=C/CC/C=C/CCCC(O)C(O)C(CO)NC(=O)CCCCCCCCCCCCCCCCCCCCCCCCCCC. The van der Waals surface area contributed by atoms with Crippen LogP contribution in [0.15, 0.2) is 24.3 Å². The highest BCUT2D eigenvalue weighted by Crippen LogP contribution is 2.16. The third kappa shape index (κ3) is 33.1. The van der Waals surface area contributed by atoms with Crippen molar-refractivity contribution in [3.8, 4) is 0 Å². The zero-order valence-corrected chi connectivity index (χ0v) is 31.4. The molecule has 0 bridgehead atoms. The second-order valence-corrected chi connectivity index (χ2v) is 14.2. The lowest BCUT2D eigenvalue weighted by Crippen LogP contribution is -2.50. The van der Waals surface area contributed by atoms with Gasteiger partial charge in [0.25, 0.3) is 0 Å². The number of aliphatic hydroxyl groups is 3. The molecule has 0 heterocycles. The number of aliphatic hydroxyl groups excluding tert-OH is 3. The molecule has 3 atom stereocenters. The van der Waals surface area contributed by atoms with Gasteiger partial charge < -0.3 is 20.6 Å². The lowest BCUT2D eigenvalue weighted by molar-refractivity contribution is -0.124. The van der Waals surface area contributed by atoms with Crippen LogP contribution in [0.1, 0.15) is 213 Å². The molecule has 0 aliphatic rings. The number of rotatable bonds is 37. The Balaban J connectivity index is 3.50. The van der Waals surface area contributed by atoms with E-state index in [1.54, 1.807) is 0 Å². The Kier molecular flexibility index (Phi) is 36.7. The fourth-order valence-corrected chi connectivity index (χ4v) is 6.42. The van der Waals surface area contributed by atoms with Crippen LogP contribution >= 0.6 is 0 Å². The number of carbonyl (C=O) groups excluding carboxylic acids is 1. The van der Waals surface area contributed by atoms with Gasteiger partial charge in [-0.15, -0.1) is 0 Å². The summed E-state index contributed by atoms with van der Waals surface area (Å²) in [7, 11) is 0. The predicted molar refractivity (Wildman–Crippen MR) is 204 cm³/mol. The molecule has 0 aromatic carbocycles. The Morgan fingerprint density at radius 3 is 1.34 bits per heavy atom. The minimum atomic E-state index is -1.16. The molecule has 5 heteroatoms. The van der Waals surface area contributed by atoms with E-state index in [2.05, 4.69) is 30.5 Å². The molecule has 0 saturated carbocycles. The molecule has 0 fully saturated rings. The molecule has 0 radical (unpaired) electrons. The first-order valence-electron chi connectivity index (χ1n) is 20.6. The van der Waals surface area contributed by atoms with E-state index in [1.165, 1.54) is 141 Å². The smallest absolute Gasteiger partial charge is 0.220 e. The molecule has 0 spiro atoms. The van der Waals surface area contributed by atoms with Gasteiger partial charge in [0.1, 0.15) is 6.10 Å². The molecule has 0 aliphatic heterocycles. The quantitative estimate of drug-likeness (QED) is 0.0393. The Morgan fingerprint density at radius 1 is 0.553 bits per heavy atom. The van der Waals surface area contributed by atoms with Crippen molar-refractivity contribution >= 4 is 5.91 Å². The van der Waals surface area contributed by atoms with Crippen molar-refractivity contribution in [3.05, 3.63) is 24.3 Å². The topological polar surface area (TPSA) is 89.8 Å². The normalized spacial score (nSPS) is 13.9. The number of allylic oxidation sites excluding steroid dienone is 4. The fourth-order valence-electron chi connectivity index (χ4n) is 6.42. The van der Waals surface area contributed by atoms with Gasteiger partial charge in [-0.2, -0.15) is 0 Å². The van der Waals surface area contributed by atoms with Crippen LogP contribution in [0.3, 0.4) is 0 Å². The number of unbranched alkanes of at least 4 members (excludes halogenated alkanes) is 26. The van der Waals surface area contributed by atoms with Crippen molar-refractivity contribution in [2.75, 3.05) is 6.61 Å². The maximum absolute atomic E-state index is 12.3. The van der Waals surface area contributed by atoms with Gasteiger partial charge in [0.2, 0.25) is 5.91 Å². The van der Waals surface area contributed by atoms with Gasteiger partial charge in [0.05, 0.1) is 18.8 Å². The summed E-state index contributed by atoms with van der Waals surface area (Å²) in [6, 6.07) is -0.826. The van der Waals surface area contributed by atoms with E-state index in [1.807, 2.05) is 13.0 Å². The van der Waals surface area contributed by atoms with Crippen molar-refractivity contribution in [2.24, 2.45) is 0 Å². The Labute approximate surface area is 292 Å². The standard InChI is InChI=1S/C42H81NO4/c1-3-5-7-9-11-13-14-15-16-17-18-19-20-21-22-23-24-25-26-27-28-29-31-33-35-37-41(46)43-39(38-44)42(47)40(45)36-34-32-30-12-10-8-6-4-2/h4,6,12,30,39-40,42,44-45,47H,3,5,7-11,13-29,31-38H2,1-2H3,(H,43,46)/b6-4+,30-12+. The lowest BCUT2D eigenvalue weighted by atomic mass is 10.0. The van der Waals surface area contributed by atoms with Gasteiger partial charge in [0, 0.05) is 6.42 Å². The number of hydrogen-bond donors (Lipinski definition) is 4. The fraction of sp³-hybridized carbons (Fsp3) is 0.881. The van der Waals surface area contributed by atoms with E-state index in [0.717, 1.165) is 44.9 Å². The van der Waals surface area contributed by atoms with Gasteiger partial charge in [0.15, 0.2) is 0 Å². The van der Waals surface area contributed by atoms with Crippen molar-refractivity contribution in [2.45, 2.75) is 231 Å². The Bertz CT molecular complexity index is 694. The maximum Gasteiger partial charge on any atom is 0.220 e. The second-order valence-electron chi connectivity index (χ2n) is 14.2. The van der Waals surface area contributed by atoms with Crippen LogP contribution in [0.5, 0.6) is 0 Å². The van der Waals surface area contributed by atoms with Crippen LogP contribution < -0.4 is 5.32 Å². The summed E-state index contributed by atoms with van der Waals surface area (Å²) in [5.74, 6) is -0.159. The monoisotopic (exact) mass is 664 g/mol. The number of carbonyl (C=O) groups is 1. The van der Waals surface area contributed by atoms with Gasteiger partial charge in [-0.3, -0.25) is 4.79 Å². The molecule has 0 aromatic heterocycles. The van der Waals surface area contributed by atoms with Crippen molar-refractivity contribution in [3.63, 3.8) is 0 Å². The van der Waals surface area contributed by atoms with Crippen molar-refractivity contribution < 1.29 is 20.1 Å². The zero-order chi connectivity index (χ0) is 34.5. The minimum absolute atomic E-state index is 0.159. The van der Waals surface area contributed by atoms with Crippen LogP contribution in [0.25, 0.3) is 0 Å². The highest BCUT2D eigenvalue weighted by atomic mass is 16.3. The average Bonchev–Trinajstić information content (AvgIpc) is 3.07. The molecule has 0 aromatic rings. The maximum atomic E-state index is 12.3. The molecule has 47 heavy (non-hydrogen) atoms. The van der Waals surface area contributed by atoms with Crippen LogP contribution in [-0.2, 0) is 4.79 Å². The highest BCUT2D eigenvalue weighted by Gasteiger charge is 2.26. The van der Waals surface area contributed by atoms with E-state index in [9.17, 15) is 20.1 Å². The van der Waals surface area contributed by atoms with E-state index in [-0.39, 0.29) is 12.5 Å². The van der Waals surface area contributed by atoms with E-state index in [4.69, 9.17) is 0 Å². The summed E-state index contributed by atoms with van der Waals surface area (Å²) in [5.41, 5.74) is 0. The molecule has 1 amide bonds. The van der Waals surface area contributed by atoms with Gasteiger partial charge in [-0.1, -0.05) is 185 Å². The number of hydrogen-bond acceptors (Lipinski definition) is 4. The summed E-state index contributed by atoms with van der Waals surface area (Å²) in [6.07, 6.45) is 44.7. The molecule has 3 unspecified atom stereocenters. The third-order valence-corrected chi connectivity index (χ3v) is 9.63. The molecule has 5 nitrogen and oxygen atoms in total. The summed E-state index contributed by atoms with van der Waals surface area (Å²) >= 11 is 0. The van der Waals surface area contributed by atoms with Gasteiger partial charge >= 0.3 is 0 Å². The number of amides is 1. The molecular weight excluding hydrogens is 582 g/mol. The van der Waals surface area contributed by atoms with E-state index < -0.39 is 18.2 Å². The Morgan fingerprint density at radius 2 is 0.936 bits per heavy atom. The predicted octanol–water partition coefficient (Wildman–Crippen LogP) is 11.4. The third-order valence-electron chi connectivity index (χ3n) is 9.63. The summed E-state index contributed by atoms with van der Waals surface area (Å²) in [4.78, 5) is 12.3. The molecule has 278 valence electrons. The first kappa shape index (κ1) is 45.8. The summed E-state index contributed by atoms with van der Waals surface area (Å²) in [6.45, 7) is 3.93. The average molecular weight is 664 g/mol. The first-order chi connectivity index (χ1) is 23.1. The molecule has 0 rings (SSSR count). The first-order valence-corrected chi connectivity index (χ1v) is 20.6. The van der Waals surface area contributed by atoms with Crippen molar-refractivity contribution in [1.29, 1.82) is 0 Å². The van der Waals surface area contributed by atoms with Crippen LogP contribution in [0.4, 0.5) is 0 Å². The van der Waals surface area contributed by atoms with E-state index >= 15 is 0 Å². The van der Waals surface area contributed by atoms with Crippen LogP contribution in [-0.4, -0.2) is 46.1 Å². The van der Waals surface area contributed by atoms with E-state index in [0.29, 0.717) is 12.8 Å². The highest BCUT2D eigenvalue weighted by molar-refractivity contribution is 5.76. The molecular formula is C42H81NO4. The van der Waals surface area contributed by atoms with Crippen LogP contribution in [0.2, 0.25) is 0 Å². The number of nitrogens with one attached hydrogen (secondary N) is 1. The zero-order valence-electron chi connectivity index (χ0n) is 31.4. The van der Waals surface area contributed by atoms with Gasteiger partial charge in [-0.05, 0) is 45.4 Å². The summed E-state index contributed by atoms with van der Waals surface area (Å²) < 4.78 is 0. The largest absolute Gasteiger partial charge is 0.394 e. The lowest BCUT2D eigenvalue weighted by Gasteiger charge is -2.26. The molecule has 4 N–H and O–H groups in total. The second kappa shape index (κ2) is 37.6. The summed E-state index contributed by atoms with van der Waals surface area (Å²) in [5, 5.41) is 33.2. The molecule has 0 aliphatic carbocycles. The molecule has 0 saturated heterocycles. The minimum Gasteiger partial charge on any atom is -0.394 e. The van der Waals surface area contributed by atoms with Crippen LogP contribution in [0, 0.1) is 0 Å². The van der Waals surface area contributed by atoms with Gasteiger partial charge in [-0.25, -0.2) is 0 Å².